The summed E-state index contributed by atoms with van der Waals surface area (Å²) in [6, 6.07) is 7.67. The number of nitrogens with zero attached hydrogens (tertiary/aromatic N) is 1. The van der Waals surface area contributed by atoms with Crippen LogP contribution in [0.4, 0.5) is 10.1 Å². The van der Waals surface area contributed by atoms with Crippen LogP contribution in [0.5, 0.6) is 0 Å². The largest absolute Gasteiger partial charge is 0.381 e. The summed E-state index contributed by atoms with van der Waals surface area (Å²) in [4.78, 5) is 2.17. The monoisotopic (exact) mass is 306 g/mol. The molecule has 122 valence electrons. The average molecular weight is 306 g/mol. The van der Waals surface area contributed by atoms with Gasteiger partial charge in [0.2, 0.25) is 0 Å². The lowest BCUT2D eigenvalue weighted by Gasteiger charge is -2.34. The summed E-state index contributed by atoms with van der Waals surface area (Å²) in [5.74, 6) is 0.631. The van der Waals surface area contributed by atoms with Crippen molar-refractivity contribution in [2.24, 2.45) is 5.92 Å². The number of ether oxygens (including phenoxy) is 1. The van der Waals surface area contributed by atoms with Gasteiger partial charge in [0.25, 0.3) is 0 Å². The predicted molar refractivity (Wildman–Crippen MR) is 87.8 cm³/mol. The van der Waals surface area contributed by atoms with E-state index in [1.165, 1.54) is 19.3 Å². The molecule has 0 bridgehead atoms. The minimum atomic E-state index is -0.105. The Morgan fingerprint density at radius 2 is 2.00 bits per heavy atom. The van der Waals surface area contributed by atoms with Crippen molar-refractivity contribution in [2.75, 3.05) is 37.7 Å². The summed E-state index contributed by atoms with van der Waals surface area (Å²) in [5, 5.41) is 3.68. The third kappa shape index (κ3) is 4.20. The summed E-state index contributed by atoms with van der Waals surface area (Å²) in [6.45, 7) is 4.83. The van der Waals surface area contributed by atoms with Crippen LogP contribution in [-0.2, 0) is 4.74 Å². The van der Waals surface area contributed by atoms with Crippen LogP contribution < -0.4 is 10.2 Å². The number of para-hydroxylation sites is 1. The lowest BCUT2D eigenvalue weighted by molar-refractivity contribution is 0.0514. The normalized spacial score (nSPS) is 23.7. The van der Waals surface area contributed by atoms with Gasteiger partial charge in [-0.15, -0.1) is 0 Å². The minimum absolute atomic E-state index is 0.105. The molecule has 22 heavy (non-hydrogen) atoms. The zero-order chi connectivity index (χ0) is 15.2. The Kier molecular flexibility index (Phi) is 5.68. The standard InChI is InChI=1S/C18H27FN2O/c19-17-5-1-2-6-18(17)21-11-8-16(9-12-21)20-10-7-15-4-3-13-22-14-15/h1-2,5-6,15-16,20H,3-4,7-14H2/t15-/m0/s1. The number of anilines is 1. The van der Waals surface area contributed by atoms with Gasteiger partial charge in [-0.25, -0.2) is 4.39 Å². The Bertz CT molecular complexity index is 454. The highest BCUT2D eigenvalue weighted by atomic mass is 19.1. The highest BCUT2D eigenvalue weighted by Gasteiger charge is 2.21. The summed E-state index contributed by atoms with van der Waals surface area (Å²) >= 11 is 0. The molecule has 0 aromatic heterocycles. The Labute approximate surface area is 132 Å². The summed E-state index contributed by atoms with van der Waals surface area (Å²) < 4.78 is 19.3. The second kappa shape index (κ2) is 7.93. The highest BCUT2D eigenvalue weighted by Crippen LogP contribution is 2.23. The molecule has 0 amide bonds. The molecule has 1 N–H and O–H groups in total. The average Bonchev–Trinajstić information content (AvgIpc) is 2.57. The molecule has 3 rings (SSSR count). The number of hydrogen-bond donors (Lipinski definition) is 1. The molecule has 3 nitrogen and oxygen atoms in total. The maximum atomic E-state index is 13.8. The third-order valence-corrected chi connectivity index (χ3v) is 4.93. The van der Waals surface area contributed by atoms with Gasteiger partial charge in [0.1, 0.15) is 5.82 Å². The van der Waals surface area contributed by atoms with Crippen molar-refractivity contribution in [3.8, 4) is 0 Å². The number of hydrogen-bond acceptors (Lipinski definition) is 3. The van der Waals surface area contributed by atoms with Crippen molar-refractivity contribution in [1.82, 2.24) is 5.32 Å². The molecule has 2 saturated heterocycles. The van der Waals surface area contributed by atoms with Crippen LogP contribution in [0.1, 0.15) is 32.1 Å². The summed E-state index contributed by atoms with van der Waals surface area (Å²) in [7, 11) is 0. The molecule has 2 fully saturated rings. The maximum Gasteiger partial charge on any atom is 0.146 e. The third-order valence-electron chi connectivity index (χ3n) is 4.93. The van der Waals surface area contributed by atoms with Gasteiger partial charge in [0.15, 0.2) is 0 Å². The molecule has 2 aliphatic heterocycles. The summed E-state index contributed by atoms with van der Waals surface area (Å²) in [5.41, 5.74) is 0.750. The Morgan fingerprint density at radius 3 is 2.73 bits per heavy atom. The van der Waals surface area contributed by atoms with Crippen LogP contribution in [-0.4, -0.2) is 38.9 Å². The zero-order valence-corrected chi connectivity index (χ0v) is 13.3. The molecule has 0 spiro atoms. The van der Waals surface area contributed by atoms with Crippen molar-refractivity contribution >= 4 is 5.69 Å². The van der Waals surface area contributed by atoms with E-state index in [4.69, 9.17) is 4.74 Å². The highest BCUT2D eigenvalue weighted by molar-refractivity contribution is 5.47. The fraction of sp³-hybridized carbons (Fsp3) is 0.667. The molecule has 2 heterocycles. The molecule has 0 radical (unpaired) electrons. The maximum absolute atomic E-state index is 13.8. The van der Waals surface area contributed by atoms with Gasteiger partial charge >= 0.3 is 0 Å². The molecule has 0 saturated carbocycles. The first kappa shape index (κ1) is 15.8. The van der Waals surface area contributed by atoms with Gasteiger partial charge in [0.05, 0.1) is 5.69 Å². The van der Waals surface area contributed by atoms with E-state index in [1.807, 2.05) is 12.1 Å². The van der Waals surface area contributed by atoms with Crippen LogP contribution in [0, 0.1) is 11.7 Å². The van der Waals surface area contributed by atoms with E-state index in [0.717, 1.165) is 57.3 Å². The molecule has 0 unspecified atom stereocenters. The van der Waals surface area contributed by atoms with Crippen LogP contribution in [0.15, 0.2) is 24.3 Å². The molecule has 1 aromatic rings. The first-order valence-corrected chi connectivity index (χ1v) is 8.63. The molecule has 1 aromatic carbocycles. The van der Waals surface area contributed by atoms with Crippen molar-refractivity contribution < 1.29 is 9.13 Å². The van der Waals surface area contributed by atoms with E-state index in [-0.39, 0.29) is 5.82 Å². The van der Waals surface area contributed by atoms with E-state index >= 15 is 0 Å². The quantitative estimate of drug-likeness (QED) is 0.904. The van der Waals surface area contributed by atoms with Gasteiger partial charge in [-0.2, -0.15) is 0 Å². The Morgan fingerprint density at radius 1 is 1.18 bits per heavy atom. The zero-order valence-electron chi connectivity index (χ0n) is 13.3. The number of halogens is 1. The number of piperidine rings is 1. The SMILES string of the molecule is Fc1ccccc1N1CCC(NCC[C@@H]2CCCOC2)CC1. The topological polar surface area (TPSA) is 24.5 Å². The summed E-state index contributed by atoms with van der Waals surface area (Å²) in [6.07, 6.45) is 5.93. The predicted octanol–water partition coefficient (Wildman–Crippen LogP) is 3.20. The van der Waals surface area contributed by atoms with Crippen LogP contribution in [0.25, 0.3) is 0 Å². The first-order chi connectivity index (χ1) is 10.8. The van der Waals surface area contributed by atoms with Crippen molar-refractivity contribution in [3.05, 3.63) is 30.1 Å². The van der Waals surface area contributed by atoms with Gasteiger partial charge in [-0.1, -0.05) is 12.1 Å². The Hall–Kier alpha value is -1.13. The van der Waals surface area contributed by atoms with E-state index in [2.05, 4.69) is 10.2 Å². The Balaban J connectivity index is 1.37. The van der Waals surface area contributed by atoms with E-state index in [9.17, 15) is 4.39 Å². The molecular formula is C18H27FN2O. The van der Waals surface area contributed by atoms with E-state index < -0.39 is 0 Å². The van der Waals surface area contributed by atoms with Crippen molar-refractivity contribution in [3.63, 3.8) is 0 Å². The van der Waals surface area contributed by atoms with Crippen molar-refractivity contribution in [1.29, 1.82) is 0 Å². The van der Waals surface area contributed by atoms with Crippen molar-refractivity contribution in [2.45, 2.75) is 38.1 Å². The van der Waals surface area contributed by atoms with Gasteiger partial charge in [0, 0.05) is 32.3 Å². The lowest BCUT2D eigenvalue weighted by atomic mass is 9.98. The minimum Gasteiger partial charge on any atom is -0.381 e. The van der Waals surface area contributed by atoms with Gasteiger partial charge in [-0.05, 0) is 56.7 Å². The van der Waals surface area contributed by atoms with Gasteiger partial charge in [-0.3, -0.25) is 0 Å². The number of nitrogens with one attached hydrogen (secondary N) is 1. The van der Waals surface area contributed by atoms with Gasteiger partial charge < -0.3 is 15.0 Å². The molecular weight excluding hydrogens is 279 g/mol. The number of benzene rings is 1. The fourth-order valence-corrected chi connectivity index (χ4v) is 3.56. The molecule has 1 atom stereocenters. The molecule has 2 aliphatic rings. The fourth-order valence-electron chi connectivity index (χ4n) is 3.56. The molecule has 4 heteroatoms. The number of rotatable bonds is 5. The van der Waals surface area contributed by atoms with E-state index in [0.29, 0.717) is 6.04 Å². The first-order valence-electron chi connectivity index (χ1n) is 8.63. The second-order valence-electron chi connectivity index (χ2n) is 6.54. The second-order valence-corrected chi connectivity index (χ2v) is 6.54. The smallest absolute Gasteiger partial charge is 0.146 e. The van der Waals surface area contributed by atoms with Crippen LogP contribution >= 0.6 is 0 Å². The molecule has 0 aliphatic carbocycles. The lowest BCUT2D eigenvalue weighted by Crippen LogP contribution is -2.43. The van der Waals surface area contributed by atoms with Crippen LogP contribution in [0.2, 0.25) is 0 Å². The van der Waals surface area contributed by atoms with E-state index in [1.54, 1.807) is 12.1 Å². The van der Waals surface area contributed by atoms with Crippen LogP contribution in [0.3, 0.4) is 0 Å².